The van der Waals surface area contributed by atoms with Crippen molar-refractivity contribution in [2.75, 3.05) is 18.0 Å². The standard InChI is InChI=1S/C19H18FNO/c1-14(22)19-17(20)8-5-9-18(19)21-12-10-16(11-13-21)15-6-3-2-4-7-15/h2-10H,11-13H2,1H3. The second-order valence-corrected chi connectivity index (χ2v) is 5.48. The van der Waals surface area contributed by atoms with Crippen LogP contribution in [0, 0.1) is 5.82 Å². The van der Waals surface area contributed by atoms with Gasteiger partial charge in [-0.3, -0.25) is 4.79 Å². The van der Waals surface area contributed by atoms with Crippen LogP contribution in [0.1, 0.15) is 29.3 Å². The van der Waals surface area contributed by atoms with E-state index >= 15 is 0 Å². The quantitative estimate of drug-likeness (QED) is 0.786. The van der Waals surface area contributed by atoms with Crippen molar-refractivity contribution in [2.45, 2.75) is 13.3 Å². The van der Waals surface area contributed by atoms with Crippen LogP contribution in [-0.4, -0.2) is 18.9 Å². The molecule has 0 unspecified atom stereocenters. The van der Waals surface area contributed by atoms with Crippen LogP contribution in [0.25, 0.3) is 5.57 Å². The van der Waals surface area contributed by atoms with Crippen molar-refractivity contribution in [1.29, 1.82) is 0 Å². The van der Waals surface area contributed by atoms with Gasteiger partial charge in [-0.15, -0.1) is 0 Å². The fourth-order valence-electron chi connectivity index (χ4n) is 2.93. The summed E-state index contributed by atoms with van der Waals surface area (Å²) in [6.45, 7) is 2.88. The molecule has 1 heterocycles. The maximum absolute atomic E-state index is 13.9. The lowest BCUT2D eigenvalue weighted by Gasteiger charge is -2.30. The van der Waals surface area contributed by atoms with E-state index in [0.717, 1.165) is 13.0 Å². The highest BCUT2D eigenvalue weighted by Gasteiger charge is 2.20. The van der Waals surface area contributed by atoms with E-state index in [0.29, 0.717) is 12.2 Å². The van der Waals surface area contributed by atoms with Crippen molar-refractivity contribution in [3.8, 4) is 0 Å². The first-order valence-electron chi connectivity index (χ1n) is 7.45. The number of halogens is 1. The summed E-state index contributed by atoms with van der Waals surface area (Å²) in [6, 6.07) is 15.1. The predicted octanol–water partition coefficient (Wildman–Crippen LogP) is 4.32. The smallest absolute Gasteiger partial charge is 0.164 e. The predicted molar refractivity (Wildman–Crippen MR) is 87.7 cm³/mol. The van der Waals surface area contributed by atoms with E-state index in [1.807, 2.05) is 24.3 Å². The van der Waals surface area contributed by atoms with Gasteiger partial charge in [0.1, 0.15) is 5.82 Å². The van der Waals surface area contributed by atoms with Crippen molar-refractivity contribution in [3.05, 3.63) is 71.6 Å². The van der Waals surface area contributed by atoms with Gasteiger partial charge in [0.15, 0.2) is 5.78 Å². The summed E-state index contributed by atoms with van der Waals surface area (Å²) in [5, 5.41) is 0. The van der Waals surface area contributed by atoms with Gasteiger partial charge in [0.2, 0.25) is 0 Å². The molecule has 2 aromatic rings. The van der Waals surface area contributed by atoms with Gasteiger partial charge in [-0.1, -0.05) is 42.5 Å². The van der Waals surface area contributed by atoms with Crippen LogP contribution in [0.2, 0.25) is 0 Å². The summed E-state index contributed by atoms with van der Waals surface area (Å²) in [4.78, 5) is 13.8. The molecule has 2 aromatic carbocycles. The second kappa shape index (κ2) is 6.14. The molecule has 0 fully saturated rings. The Balaban J connectivity index is 1.87. The second-order valence-electron chi connectivity index (χ2n) is 5.48. The van der Waals surface area contributed by atoms with E-state index in [2.05, 4.69) is 23.1 Å². The van der Waals surface area contributed by atoms with Gasteiger partial charge >= 0.3 is 0 Å². The van der Waals surface area contributed by atoms with Crippen LogP contribution in [0.15, 0.2) is 54.6 Å². The highest BCUT2D eigenvalue weighted by atomic mass is 19.1. The summed E-state index contributed by atoms with van der Waals surface area (Å²) < 4.78 is 13.9. The zero-order valence-corrected chi connectivity index (χ0v) is 12.6. The topological polar surface area (TPSA) is 20.3 Å². The molecule has 3 heteroatoms. The minimum atomic E-state index is -0.442. The minimum Gasteiger partial charge on any atom is -0.367 e. The lowest BCUT2D eigenvalue weighted by atomic mass is 9.98. The highest BCUT2D eigenvalue weighted by molar-refractivity contribution is 6.00. The molecular weight excluding hydrogens is 277 g/mol. The molecule has 0 bridgehead atoms. The summed E-state index contributed by atoms with van der Waals surface area (Å²) in [5.41, 5.74) is 3.42. The molecule has 0 spiro atoms. The first-order valence-corrected chi connectivity index (χ1v) is 7.45. The fraction of sp³-hybridized carbons (Fsp3) is 0.211. The summed E-state index contributed by atoms with van der Waals surface area (Å²) >= 11 is 0. The minimum absolute atomic E-state index is 0.194. The van der Waals surface area contributed by atoms with Crippen molar-refractivity contribution in [1.82, 2.24) is 0 Å². The Labute approximate surface area is 129 Å². The van der Waals surface area contributed by atoms with Gasteiger partial charge in [-0.05, 0) is 36.6 Å². The third-order valence-electron chi connectivity index (χ3n) is 4.04. The number of hydrogen-bond donors (Lipinski definition) is 0. The first kappa shape index (κ1) is 14.5. The lowest BCUT2D eigenvalue weighted by Crippen LogP contribution is -2.29. The van der Waals surface area contributed by atoms with Crippen molar-refractivity contribution in [2.24, 2.45) is 0 Å². The highest BCUT2D eigenvalue weighted by Crippen LogP contribution is 2.29. The van der Waals surface area contributed by atoms with Crippen LogP contribution in [0.5, 0.6) is 0 Å². The molecule has 2 nitrogen and oxygen atoms in total. The molecule has 0 amide bonds. The fourth-order valence-corrected chi connectivity index (χ4v) is 2.93. The number of hydrogen-bond acceptors (Lipinski definition) is 2. The summed E-state index contributed by atoms with van der Waals surface area (Å²) in [7, 11) is 0. The van der Waals surface area contributed by atoms with Crippen LogP contribution in [0.4, 0.5) is 10.1 Å². The van der Waals surface area contributed by atoms with Gasteiger partial charge in [0.05, 0.1) is 11.3 Å². The number of rotatable bonds is 3. The molecule has 1 aliphatic heterocycles. The largest absolute Gasteiger partial charge is 0.367 e. The van der Waals surface area contributed by atoms with Crippen molar-refractivity contribution in [3.63, 3.8) is 0 Å². The number of Topliss-reactive ketones (excluding diaryl/α,β-unsaturated/α-hetero) is 1. The third kappa shape index (κ3) is 2.80. The SMILES string of the molecule is CC(=O)c1c(F)cccc1N1CC=C(c2ccccc2)CC1. The average Bonchev–Trinajstić information content (AvgIpc) is 2.55. The molecule has 0 atom stereocenters. The Morgan fingerprint density at radius 2 is 1.86 bits per heavy atom. The maximum atomic E-state index is 13.9. The Kier molecular flexibility index (Phi) is 4.05. The van der Waals surface area contributed by atoms with Crippen LogP contribution in [-0.2, 0) is 0 Å². The van der Waals surface area contributed by atoms with E-state index in [1.54, 1.807) is 6.07 Å². The van der Waals surface area contributed by atoms with Gasteiger partial charge in [-0.25, -0.2) is 4.39 Å². The van der Waals surface area contributed by atoms with Crippen molar-refractivity contribution >= 4 is 17.0 Å². The first-order chi connectivity index (χ1) is 10.7. The Morgan fingerprint density at radius 3 is 2.50 bits per heavy atom. The molecule has 1 aliphatic rings. The number of benzene rings is 2. The normalized spacial score (nSPS) is 14.6. The van der Waals surface area contributed by atoms with E-state index in [9.17, 15) is 9.18 Å². The Morgan fingerprint density at radius 1 is 1.09 bits per heavy atom. The summed E-state index contributed by atoms with van der Waals surface area (Å²) in [5.74, 6) is -0.672. The van der Waals surface area contributed by atoms with Gasteiger partial charge < -0.3 is 4.90 Å². The van der Waals surface area contributed by atoms with Crippen LogP contribution < -0.4 is 4.90 Å². The number of ketones is 1. The third-order valence-corrected chi connectivity index (χ3v) is 4.04. The van der Waals surface area contributed by atoms with Crippen LogP contribution >= 0.6 is 0 Å². The molecule has 3 rings (SSSR count). The molecule has 22 heavy (non-hydrogen) atoms. The lowest BCUT2D eigenvalue weighted by molar-refractivity contribution is 0.101. The molecule has 0 N–H and O–H groups in total. The number of carbonyl (C=O) groups is 1. The Bertz CT molecular complexity index is 721. The number of nitrogens with zero attached hydrogens (tertiary/aromatic N) is 1. The average molecular weight is 295 g/mol. The monoisotopic (exact) mass is 295 g/mol. The number of carbonyl (C=O) groups excluding carboxylic acids is 1. The van der Waals surface area contributed by atoms with E-state index in [-0.39, 0.29) is 11.3 Å². The molecule has 0 radical (unpaired) electrons. The zero-order valence-electron chi connectivity index (χ0n) is 12.6. The van der Waals surface area contributed by atoms with E-state index in [1.165, 1.54) is 24.1 Å². The summed E-state index contributed by atoms with van der Waals surface area (Å²) in [6.07, 6.45) is 3.05. The molecule has 0 aromatic heterocycles. The van der Waals surface area contributed by atoms with Gasteiger partial charge in [-0.2, -0.15) is 0 Å². The van der Waals surface area contributed by atoms with Crippen LogP contribution in [0.3, 0.4) is 0 Å². The van der Waals surface area contributed by atoms with E-state index < -0.39 is 5.82 Å². The Hall–Kier alpha value is -2.42. The molecule has 0 saturated carbocycles. The van der Waals surface area contributed by atoms with Gasteiger partial charge in [0.25, 0.3) is 0 Å². The maximum Gasteiger partial charge on any atom is 0.164 e. The molecule has 0 saturated heterocycles. The molecular formula is C19H18FNO. The molecule has 112 valence electrons. The zero-order chi connectivity index (χ0) is 15.5. The number of anilines is 1. The molecule has 0 aliphatic carbocycles. The van der Waals surface area contributed by atoms with Crippen molar-refractivity contribution < 1.29 is 9.18 Å². The van der Waals surface area contributed by atoms with E-state index in [4.69, 9.17) is 0 Å². The van der Waals surface area contributed by atoms with Gasteiger partial charge in [0, 0.05) is 13.1 Å².